The van der Waals surface area contributed by atoms with Crippen LogP contribution in [0.15, 0.2) is 45.7 Å². The average molecular weight is 237 g/mol. The maximum absolute atomic E-state index is 5.17. The van der Waals surface area contributed by atoms with Crippen LogP contribution in [0, 0.1) is 6.92 Å². The third-order valence-electron chi connectivity index (χ3n) is 1.95. The molecule has 1 nitrogen and oxygen atoms in total. The van der Waals surface area contributed by atoms with Gasteiger partial charge in [-0.1, -0.05) is 29.8 Å². The minimum absolute atomic E-state index is 0.767. The first kappa shape index (κ1) is 8.57. The highest BCUT2D eigenvalue weighted by atomic mass is 79.9. The average Bonchev–Trinajstić information content (AvgIpc) is 2.53. The third kappa shape index (κ3) is 1.83. The van der Waals surface area contributed by atoms with Crippen LogP contribution < -0.4 is 0 Å². The third-order valence-corrected chi connectivity index (χ3v) is 2.37. The van der Waals surface area contributed by atoms with Gasteiger partial charge in [0.1, 0.15) is 0 Å². The molecule has 1 aromatic carbocycles. The molecule has 0 aliphatic heterocycles. The van der Waals surface area contributed by atoms with E-state index in [2.05, 4.69) is 47.1 Å². The van der Waals surface area contributed by atoms with E-state index in [0.29, 0.717) is 0 Å². The fourth-order valence-electron chi connectivity index (χ4n) is 1.21. The van der Waals surface area contributed by atoms with E-state index in [-0.39, 0.29) is 0 Å². The van der Waals surface area contributed by atoms with E-state index < -0.39 is 0 Å². The summed E-state index contributed by atoms with van der Waals surface area (Å²) in [6.45, 7) is 2.08. The second-order valence-electron chi connectivity index (χ2n) is 3.01. The van der Waals surface area contributed by atoms with Crippen molar-refractivity contribution in [1.29, 1.82) is 0 Å². The number of furan rings is 1. The monoisotopic (exact) mass is 236 g/mol. The Morgan fingerprint density at radius 3 is 2.31 bits per heavy atom. The Bertz CT molecular complexity index is 400. The lowest BCUT2D eigenvalue weighted by atomic mass is 10.1. The first-order chi connectivity index (χ1) is 6.25. The molecule has 2 rings (SSSR count). The molecule has 0 fully saturated rings. The van der Waals surface area contributed by atoms with Gasteiger partial charge in [-0.05, 0) is 34.5 Å². The van der Waals surface area contributed by atoms with Crippen molar-refractivity contribution in [3.8, 4) is 11.1 Å². The number of rotatable bonds is 1. The summed E-state index contributed by atoms with van der Waals surface area (Å²) < 4.78 is 5.93. The van der Waals surface area contributed by atoms with Gasteiger partial charge < -0.3 is 4.42 Å². The summed E-state index contributed by atoms with van der Waals surface area (Å²) in [6, 6.07) is 10.3. The molecule has 0 saturated carbocycles. The van der Waals surface area contributed by atoms with E-state index in [9.17, 15) is 0 Å². The predicted octanol–water partition coefficient (Wildman–Crippen LogP) is 4.02. The minimum Gasteiger partial charge on any atom is -0.457 e. The van der Waals surface area contributed by atoms with Crippen molar-refractivity contribution in [1.82, 2.24) is 0 Å². The smallest absolute Gasteiger partial charge is 0.169 e. The predicted molar refractivity (Wildman–Crippen MR) is 56.6 cm³/mol. The topological polar surface area (TPSA) is 13.1 Å². The summed E-state index contributed by atoms with van der Waals surface area (Å²) >= 11 is 3.28. The highest BCUT2D eigenvalue weighted by molar-refractivity contribution is 9.10. The molecular formula is C11H9BrO. The molecule has 0 unspecified atom stereocenters. The van der Waals surface area contributed by atoms with Gasteiger partial charge in [0.2, 0.25) is 0 Å². The molecule has 66 valence electrons. The summed E-state index contributed by atoms with van der Waals surface area (Å²) in [4.78, 5) is 0. The Morgan fingerprint density at radius 1 is 1.08 bits per heavy atom. The van der Waals surface area contributed by atoms with Gasteiger partial charge in [-0.3, -0.25) is 0 Å². The van der Waals surface area contributed by atoms with Crippen LogP contribution in [0.3, 0.4) is 0 Å². The van der Waals surface area contributed by atoms with E-state index in [1.54, 1.807) is 6.26 Å². The molecule has 0 amide bonds. The lowest BCUT2D eigenvalue weighted by Crippen LogP contribution is -1.74. The first-order valence-electron chi connectivity index (χ1n) is 4.07. The van der Waals surface area contributed by atoms with Crippen molar-refractivity contribution in [3.63, 3.8) is 0 Å². The van der Waals surface area contributed by atoms with E-state index in [1.165, 1.54) is 11.1 Å². The lowest BCUT2D eigenvalue weighted by molar-refractivity contribution is 0.542. The van der Waals surface area contributed by atoms with Crippen LogP contribution in [-0.2, 0) is 0 Å². The van der Waals surface area contributed by atoms with E-state index in [1.807, 2.05) is 6.07 Å². The molecule has 0 spiro atoms. The van der Waals surface area contributed by atoms with Gasteiger partial charge >= 0.3 is 0 Å². The first-order valence-corrected chi connectivity index (χ1v) is 4.86. The highest BCUT2D eigenvalue weighted by Crippen LogP contribution is 2.24. The fourth-order valence-corrected chi connectivity index (χ4v) is 1.55. The summed E-state index contributed by atoms with van der Waals surface area (Å²) in [5.74, 6) is 0. The van der Waals surface area contributed by atoms with Gasteiger partial charge in [-0.25, -0.2) is 0 Å². The Morgan fingerprint density at radius 2 is 1.77 bits per heavy atom. The molecule has 2 heteroatoms. The molecule has 1 heterocycles. The van der Waals surface area contributed by atoms with E-state index in [4.69, 9.17) is 4.42 Å². The summed E-state index contributed by atoms with van der Waals surface area (Å²) in [6.07, 6.45) is 1.74. The maximum Gasteiger partial charge on any atom is 0.169 e. The second kappa shape index (κ2) is 3.38. The zero-order valence-corrected chi connectivity index (χ0v) is 8.84. The second-order valence-corrected chi connectivity index (χ2v) is 3.79. The molecule has 0 aliphatic carbocycles. The molecule has 0 N–H and O–H groups in total. The molecule has 13 heavy (non-hydrogen) atoms. The molecular weight excluding hydrogens is 228 g/mol. The molecule has 0 atom stereocenters. The number of benzene rings is 1. The lowest BCUT2D eigenvalue weighted by Gasteiger charge is -1.96. The van der Waals surface area contributed by atoms with Crippen molar-refractivity contribution in [3.05, 3.63) is 46.8 Å². The minimum atomic E-state index is 0.767. The molecule has 0 bridgehead atoms. The number of hydrogen-bond donors (Lipinski definition) is 0. The molecule has 0 radical (unpaired) electrons. The van der Waals surface area contributed by atoms with Crippen molar-refractivity contribution >= 4 is 15.9 Å². The van der Waals surface area contributed by atoms with Crippen LogP contribution in [0.25, 0.3) is 11.1 Å². The zero-order valence-electron chi connectivity index (χ0n) is 7.25. The van der Waals surface area contributed by atoms with Gasteiger partial charge in [0.15, 0.2) is 4.67 Å². The Kier molecular flexibility index (Phi) is 2.23. The molecule has 0 aliphatic rings. The van der Waals surface area contributed by atoms with Gasteiger partial charge in [0, 0.05) is 5.56 Å². The van der Waals surface area contributed by atoms with Crippen LogP contribution in [0.2, 0.25) is 0 Å². The van der Waals surface area contributed by atoms with Crippen molar-refractivity contribution in [2.24, 2.45) is 0 Å². The molecule has 0 saturated heterocycles. The van der Waals surface area contributed by atoms with E-state index in [0.717, 1.165) is 10.2 Å². The number of aryl methyl sites for hydroxylation is 1. The molecule has 2 aromatic rings. The molecule has 1 aromatic heterocycles. The van der Waals surface area contributed by atoms with Crippen molar-refractivity contribution in [2.75, 3.05) is 0 Å². The fraction of sp³-hybridized carbons (Fsp3) is 0.0909. The number of hydrogen-bond acceptors (Lipinski definition) is 1. The van der Waals surface area contributed by atoms with Crippen LogP contribution in [-0.4, -0.2) is 0 Å². The summed E-state index contributed by atoms with van der Waals surface area (Å²) in [5, 5.41) is 0. The van der Waals surface area contributed by atoms with Gasteiger partial charge in [-0.15, -0.1) is 0 Å². The Hall–Kier alpha value is -1.02. The van der Waals surface area contributed by atoms with Crippen LogP contribution in [0.1, 0.15) is 5.56 Å². The van der Waals surface area contributed by atoms with Crippen molar-refractivity contribution in [2.45, 2.75) is 6.92 Å². The van der Waals surface area contributed by atoms with Crippen LogP contribution in [0.4, 0.5) is 0 Å². The van der Waals surface area contributed by atoms with Crippen LogP contribution >= 0.6 is 15.9 Å². The Labute approximate surface area is 85.5 Å². The SMILES string of the molecule is Cc1ccc(-c2coc(Br)c2)cc1. The standard InChI is InChI=1S/C11H9BrO/c1-8-2-4-9(5-3-8)10-6-11(12)13-7-10/h2-7H,1H3. The largest absolute Gasteiger partial charge is 0.457 e. The normalized spacial score (nSPS) is 10.3. The van der Waals surface area contributed by atoms with E-state index >= 15 is 0 Å². The maximum atomic E-state index is 5.17. The van der Waals surface area contributed by atoms with Gasteiger partial charge in [-0.2, -0.15) is 0 Å². The zero-order chi connectivity index (χ0) is 9.26. The van der Waals surface area contributed by atoms with Crippen LogP contribution in [0.5, 0.6) is 0 Å². The summed E-state index contributed by atoms with van der Waals surface area (Å²) in [7, 11) is 0. The summed E-state index contributed by atoms with van der Waals surface area (Å²) in [5.41, 5.74) is 3.55. The Balaban J connectivity index is 2.41. The van der Waals surface area contributed by atoms with Crippen molar-refractivity contribution < 1.29 is 4.42 Å². The number of halogens is 1. The quantitative estimate of drug-likeness (QED) is 0.730. The highest BCUT2D eigenvalue weighted by Gasteiger charge is 2.00. The van der Waals surface area contributed by atoms with Gasteiger partial charge in [0.25, 0.3) is 0 Å². The van der Waals surface area contributed by atoms with Gasteiger partial charge in [0.05, 0.1) is 6.26 Å².